The molecule has 1 amide bonds. The number of aldehydes is 1. The Labute approximate surface area is 718 Å². The Morgan fingerprint density at radius 3 is 1.27 bits per heavy atom. The average molecular weight is 1830 g/mol. The van der Waals surface area contributed by atoms with Crippen LogP contribution in [0.1, 0.15) is 53.4 Å². The lowest BCUT2D eigenvalue weighted by Gasteiger charge is -2.14. The summed E-state index contributed by atoms with van der Waals surface area (Å²) in [6.07, 6.45) is 13.0. The SMILES string of the molecule is C#Cc1sc(-c2ccnc(F)c2)c(C#N)c1-c1ccc(Cl)cc1Cl.CON(C)C(=O)c1sc(-c2ccnc(F)c2)c(C#N)c1-c1ccc(Cl)cc1Cl.COP(=O)(OC)C(=[N+]=[N-])C(C)=O.N#Cc1c(-c2ccnc(F)c2)sc(-c2cnn(CO)n2)c1-c1ccc(Cl)cc1Cl.N#Cc1c(-c2ccnc(F)c2)sc(C=O)c1-c1ccc(Cl)cc1Cl. The maximum Gasteiger partial charge on any atom is 0.446 e. The molecule has 0 atom stereocenters. The lowest BCUT2D eigenvalue weighted by Crippen LogP contribution is -2.25. The Bertz CT molecular complexity index is 6380. The quantitative estimate of drug-likeness (QED) is 0.0102. The van der Waals surface area contributed by atoms with Crippen molar-refractivity contribution in [1.29, 1.82) is 21.0 Å². The van der Waals surface area contributed by atoms with Gasteiger partial charge in [-0.15, -0.1) is 51.8 Å². The Hall–Kier alpha value is -10.8. The maximum atomic E-state index is 13.7. The molecule has 117 heavy (non-hydrogen) atoms. The van der Waals surface area contributed by atoms with Gasteiger partial charge < -0.3 is 19.7 Å². The van der Waals surface area contributed by atoms with Crippen molar-refractivity contribution in [2.24, 2.45) is 0 Å². The number of pyridine rings is 4. The number of terminal acetylenes is 1. The fraction of sp³-hybridized carbons (Fsp3) is 0.0769. The number of benzene rings is 4. The predicted octanol–water partition coefficient (Wildman–Crippen LogP) is 22.5. The van der Waals surface area contributed by atoms with Crippen molar-refractivity contribution in [2.45, 2.75) is 13.7 Å². The minimum Gasteiger partial charge on any atom is -0.373 e. The number of amides is 1. The first-order valence-corrected chi connectivity index (χ1v) is 40.1. The van der Waals surface area contributed by atoms with Crippen LogP contribution < -0.4 is 0 Å². The lowest BCUT2D eigenvalue weighted by molar-refractivity contribution is -0.114. The molecule has 13 rings (SSSR count). The standard InChI is InChI=1S/C19H10Cl2FN5OS.C19H12Cl2FN3O2S.C18H7Cl2FN2S.C17H7Cl2FN2OS.C5H9N2O4P/c20-11-1-2-12(14(21)6-11)17-13(7-23)18(10-3-4-24-16(22)5-10)29-19(17)15-8-25-27(9-28)26-15;1-25(27-2)19(26)18-16(12-4-3-11(20)8-14(12)21)13(9-23)17(28-18)10-5-6-24-15(22)7-10;1-2-15-17(12-4-3-11(19)8-14(12)20)13(9-22)18(24-15)10-5-6-23-16(21)7-10;18-10-1-2-11(13(19)6-10)16-12(7-21)17(24-14(16)8-23)9-3-4-22-15(20)5-9;1-4(8)5(7-6)12(9,10-2)11-3/h1-6,8,28H,9H2;3-8H,1-2H3;1,3-8H;1-6,8H;1-3H3. The largest absolute Gasteiger partial charge is 0.446 e. The highest BCUT2D eigenvalue weighted by Crippen LogP contribution is 2.52. The summed E-state index contributed by atoms with van der Waals surface area (Å²) in [6, 6.07) is 39.4. The van der Waals surface area contributed by atoms with Gasteiger partial charge in [0.25, 0.3) is 5.91 Å². The van der Waals surface area contributed by atoms with Gasteiger partial charge in [-0.25, -0.2) is 29.6 Å². The zero-order chi connectivity index (χ0) is 85.3. The van der Waals surface area contributed by atoms with Gasteiger partial charge in [-0.3, -0.25) is 19.2 Å². The minimum atomic E-state index is -3.70. The Morgan fingerprint density at radius 1 is 0.564 bits per heavy atom. The summed E-state index contributed by atoms with van der Waals surface area (Å²) in [4.78, 5) is 61.7. The van der Waals surface area contributed by atoms with Crippen LogP contribution in [0.4, 0.5) is 17.6 Å². The zero-order valence-corrected chi connectivity index (χ0v) is 70.2. The van der Waals surface area contributed by atoms with E-state index >= 15 is 0 Å². The number of aliphatic hydroxyl groups is 1. The fourth-order valence-corrected chi connectivity index (χ4v) is 18.3. The maximum absolute atomic E-state index is 13.7. The molecule has 22 nitrogen and oxygen atoms in total. The number of halogens is 12. The molecule has 4 aromatic carbocycles. The Kier molecular flexibility index (Phi) is 31.5. The Morgan fingerprint density at radius 2 is 0.932 bits per heavy atom. The molecule has 13 aromatic rings. The number of Topliss-reactive ketones (excluding diaryl/α,β-unsaturated/α-hetero) is 1. The monoisotopic (exact) mass is 1820 g/mol. The number of carbonyl (C=O) groups is 3. The molecular formula is C78H45Cl8F4N14O8PS4. The molecule has 0 aliphatic rings. The number of hydrogen-bond donors (Lipinski definition) is 1. The molecule has 0 bridgehead atoms. The van der Waals surface area contributed by atoms with Crippen LogP contribution in [0.5, 0.6) is 0 Å². The minimum absolute atomic E-state index is 0.202. The third-order valence-electron chi connectivity index (χ3n) is 15.9. The number of ketones is 1. The van der Waals surface area contributed by atoms with Gasteiger partial charge in [0.2, 0.25) is 29.6 Å². The first-order valence-electron chi connectivity index (χ1n) is 32.3. The lowest BCUT2D eigenvalue weighted by atomic mass is 9.98. The number of aromatic nitrogens is 7. The van der Waals surface area contributed by atoms with Crippen LogP contribution in [0.3, 0.4) is 0 Å². The third kappa shape index (κ3) is 20.8. The Balaban J connectivity index is 0.000000171. The van der Waals surface area contributed by atoms with Crippen molar-refractivity contribution in [3.8, 4) is 133 Å². The second-order valence-electron chi connectivity index (χ2n) is 22.8. The van der Waals surface area contributed by atoms with Crippen LogP contribution in [0, 0.1) is 81.5 Å². The van der Waals surface area contributed by atoms with E-state index in [-0.39, 0.29) is 21.0 Å². The van der Waals surface area contributed by atoms with E-state index in [2.05, 4.69) is 74.2 Å². The molecule has 0 aliphatic carbocycles. The third-order valence-corrected chi connectivity index (χ3v) is 24.8. The van der Waals surface area contributed by atoms with Gasteiger partial charge in [0.1, 0.15) is 34.8 Å². The van der Waals surface area contributed by atoms with Crippen LogP contribution in [0.2, 0.25) is 40.2 Å². The van der Waals surface area contributed by atoms with Gasteiger partial charge in [0.15, 0.2) is 13.0 Å². The molecule has 0 fully saturated rings. The summed E-state index contributed by atoms with van der Waals surface area (Å²) in [5.74, 6) is -1.18. The summed E-state index contributed by atoms with van der Waals surface area (Å²) >= 11 is 53.8. The van der Waals surface area contributed by atoms with Crippen LogP contribution >= 0.6 is 146 Å². The van der Waals surface area contributed by atoms with E-state index in [4.69, 9.17) is 110 Å². The molecule has 0 saturated carbocycles. The number of aliphatic hydroxyl groups excluding tert-OH is 1. The van der Waals surface area contributed by atoms with Crippen molar-refractivity contribution < 1.29 is 60.3 Å². The molecule has 0 spiro atoms. The molecular weight excluding hydrogens is 1780 g/mol. The molecule has 39 heteroatoms. The normalized spacial score (nSPS) is 10.5. The van der Waals surface area contributed by atoms with Gasteiger partial charge in [0, 0.05) is 162 Å². The highest BCUT2D eigenvalue weighted by atomic mass is 35.5. The highest BCUT2D eigenvalue weighted by Gasteiger charge is 2.42. The zero-order valence-electron chi connectivity index (χ0n) is 60.0. The number of thiophene rings is 4. The second-order valence-corrected chi connectivity index (χ2v) is 32.5. The molecule has 0 aliphatic heterocycles. The van der Waals surface area contributed by atoms with E-state index in [0.717, 1.165) is 53.7 Å². The summed E-state index contributed by atoms with van der Waals surface area (Å²) in [5.41, 5.74) is 15.3. The smallest absolute Gasteiger partial charge is 0.373 e. The first kappa shape index (κ1) is 90.2. The van der Waals surface area contributed by atoms with Crippen LogP contribution in [0.15, 0.2) is 152 Å². The number of carbonyl (C=O) groups excluding carboxylic acids is 3. The number of hydrogen-bond acceptors (Lipinski definition) is 22. The van der Waals surface area contributed by atoms with Crippen LogP contribution in [-0.4, -0.2) is 102 Å². The first-order chi connectivity index (χ1) is 56.0. The van der Waals surface area contributed by atoms with Gasteiger partial charge in [-0.2, -0.15) is 58.4 Å². The van der Waals surface area contributed by atoms with Gasteiger partial charge in [-0.05, 0) is 95.1 Å². The molecule has 1 N–H and O–H groups in total. The number of rotatable bonds is 17. The van der Waals surface area contributed by atoms with Gasteiger partial charge in [-0.1, -0.05) is 123 Å². The van der Waals surface area contributed by atoms with E-state index < -0.39 is 55.3 Å². The number of nitriles is 4. The van der Waals surface area contributed by atoms with Crippen molar-refractivity contribution >= 4 is 169 Å². The van der Waals surface area contributed by atoms with E-state index in [1.165, 1.54) is 104 Å². The summed E-state index contributed by atoms with van der Waals surface area (Å²) in [5, 5.41) is 60.8. The molecule has 0 radical (unpaired) electrons. The highest BCUT2D eigenvalue weighted by molar-refractivity contribution is 7.74. The van der Waals surface area contributed by atoms with Crippen molar-refractivity contribution in [3.63, 3.8) is 0 Å². The predicted molar refractivity (Wildman–Crippen MR) is 445 cm³/mol. The fourth-order valence-electron chi connectivity index (χ4n) is 10.7. The second kappa shape index (κ2) is 40.9. The average Bonchev–Trinajstić information content (AvgIpc) is 1.63. The molecule has 0 saturated heterocycles. The number of nitrogens with zero attached hydrogens (tertiary/aromatic N) is 14. The van der Waals surface area contributed by atoms with Crippen LogP contribution in [0.25, 0.3) is 102 Å². The van der Waals surface area contributed by atoms with Crippen molar-refractivity contribution in [1.82, 2.24) is 40.0 Å². The van der Waals surface area contributed by atoms with E-state index in [1.54, 1.807) is 84.9 Å². The van der Waals surface area contributed by atoms with Crippen molar-refractivity contribution in [2.75, 3.05) is 28.4 Å². The van der Waals surface area contributed by atoms with E-state index in [9.17, 15) is 62.7 Å². The van der Waals surface area contributed by atoms with Crippen LogP contribution in [-0.2, 0) is 30.0 Å². The number of hydroxylamine groups is 2. The van der Waals surface area contributed by atoms with E-state index in [1.807, 2.05) is 0 Å². The van der Waals surface area contributed by atoms with E-state index in [0.29, 0.717) is 159 Å². The summed E-state index contributed by atoms with van der Waals surface area (Å²) in [6.45, 7) is 0.704. The van der Waals surface area contributed by atoms with Gasteiger partial charge >= 0.3 is 13.0 Å². The topological polar surface area (TPSA) is 333 Å². The molecule has 0 unspecified atom stereocenters. The van der Waals surface area contributed by atoms with Gasteiger partial charge in [0.05, 0.1) is 69.7 Å². The summed E-state index contributed by atoms with van der Waals surface area (Å²) in [7, 11) is 1.30. The molecule has 9 aromatic heterocycles. The molecule has 588 valence electrons. The molecule has 9 heterocycles. The van der Waals surface area contributed by atoms with Crippen molar-refractivity contribution in [3.05, 3.63) is 259 Å². The summed E-state index contributed by atoms with van der Waals surface area (Å²) < 4.78 is 74.4.